The van der Waals surface area contributed by atoms with Crippen molar-refractivity contribution in [1.82, 2.24) is 9.97 Å². The summed E-state index contributed by atoms with van der Waals surface area (Å²) in [6.45, 7) is 2.19. The highest BCUT2D eigenvalue weighted by atomic mass is 19.4. The molecular weight excluding hydrogens is 221 g/mol. The van der Waals surface area contributed by atoms with E-state index in [1.807, 2.05) is 0 Å². The van der Waals surface area contributed by atoms with E-state index in [9.17, 15) is 13.2 Å². The van der Waals surface area contributed by atoms with Gasteiger partial charge in [-0.05, 0) is 13.8 Å². The topological polar surface area (TPSA) is 55.0 Å². The van der Waals surface area contributed by atoms with Crippen LogP contribution in [0.5, 0.6) is 0 Å². The molecule has 7 heteroatoms. The van der Waals surface area contributed by atoms with E-state index in [1.54, 1.807) is 13.8 Å². The first-order chi connectivity index (χ1) is 7.31. The third kappa shape index (κ3) is 3.25. The number of nitrogens with zero attached hydrogens (tertiary/aromatic N) is 3. The fourth-order valence-electron chi connectivity index (χ4n) is 1.26. The Labute approximate surface area is 91.3 Å². The van der Waals surface area contributed by atoms with Crippen LogP contribution in [0.2, 0.25) is 0 Å². The molecular formula is C9H13F3N4. The molecule has 0 radical (unpaired) electrons. The number of nitrogens with two attached hydrogens (primary N) is 1. The van der Waals surface area contributed by atoms with Crippen molar-refractivity contribution in [3.05, 3.63) is 12.4 Å². The molecule has 0 aromatic carbocycles. The second kappa shape index (κ2) is 4.54. The van der Waals surface area contributed by atoms with Crippen LogP contribution in [0.1, 0.15) is 13.8 Å². The van der Waals surface area contributed by atoms with Gasteiger partial charge in [0.05, 0.1) is 0 Å². The molecule has 0 fully saturated rings. The summed E-state index contributed by atoms with van der Waals surface area (Å²) in [6, 6.07) is -0.361. The van der Waals surface area contributed by atoms with E-state index in [1.165, 1.54) is 12.4 Å². The molecule has 0 unspecified atom stereocenters. The zero-order valence-electron chi connectivity index (χ0n) is 8.99. The summed E-state index contributed by atoms with van der Waals surface area (Å²) in [4.78, 5) is 8.61. The molecule has 4 nitrogen and oxygen atoms in total. The number of aromatic nitrogens is 2. The molecule has 1 heterocycles. The molecule has 1 aromatic heterocycles. The van der Waals surface area contributed by atoms with Gasteiger partial charge in [0.15, 0.2) is 11.6 Å². The van der Waals surface area contributed by atoms with E-state index in [0.29, 0.717) is 0 Å². The SMILES string of the molecule is CC(C)N(CC(F)(F)F)c1nccnc1N. The lowest BCUT2D eigenvalue weighted by Crippen LogP contribution is -2.40. The Morgan fingerprint density at radius 1 is 1.31 bits per heavy atom. The predicted molar refractivity (Wildman–Crippen MR) is 55.0 cm³/mol. The molecule has 0 atom stereocenters. The Kier molecular flexibility index (Phi) is 3.56. The van der Waals surface area contributed by atoms with Gasteiger partial charge < -0.3 is 10.6 Å². The van der Waals surface area contributed by atoms with Crippen molar-refractivity contribution in [2.45, 2.75) is 26.1 Å². The minimum absolute atomic E-state index is 0.000417. The van der Waals surface area contributed by atoms with Gasteiger partial charge in [0.2, 0.25) is 0 Å². The fourth-order valence-corrected chi connectivity index (χ4v) is 1.26. The molecule has 0 aliphatic heterocycles. The Balaban J connectivity index is 2.99. The minimum Gasteiger partial charge on any atom is -0.381 e. The van der Waals surface area contributed by atoms with Crippen LogP contribution in [-0.4, -0.2) is 28.7 Å². The van der Waals surface area contributed by atoms with Gasteiger partial charge in [-0.1, -0.05) is 0 Å². The molecule has 2 N–H and O–H groups in total. The number of anilines is 2. The summed E-state index contributed by atoms with van der Waals surface area (Å²) in [7, 11) is 0. The Bertz CT molecular complexity index is 351. The maximum Gasteiger partial charge on any atom is 0.405 e. The number of rotatable bonds is 3. The van der Waals surface area contributed by atoms with Crippen molar-refractivity contribution in [3.63, 3.8) is 0 Å². The van der Waals surface area contributed by atoms with Crippen LogP contribution >= 0.6 is 0 Å². The van der Waals surface area contributed by atoms with Crippen LogP contribution in [0.3, 0.4) is 0 Å². The van der Waals surface area contributed by atoms with Crippen molar-refractivity contribution >= 4 is 11.6 Å². The number of halogens is 3. The number of alkyl halides is 3. The third-order valence-corrected chi connectivity index (χ3v) is 1.95. The zero-order chi connectivity index (χ0) is 12.3. The Hall–Kier alpha value is -1.53. The molecule has 1 rings (SSSR count). The molecule has 0 aliphatic rings. The molecule has 0 saturated carbocycles. The third-order valence-electron chi connectivity index (χ3n) is 1.95. The van der Waals surface area contributed by atoms with Crippen LogP contribution in [0.15, 0.2) is 12.4 Å². The van der Waals surface area contributed by atoms with Crippen molar-refractivity contribution < 1.29 is 13.2 Å². The van der Waals surface area contributed by atoms with Gasteiger partial charge >= 0.3 is 6.18 Å². The van der Waals surface area contributed by atoms with Gasteiger partial charge in [0.1, 0.15) is 6.54 Å². The molecule has 0 amide bonds. The zero-order valence-corrected chi connectivity index (χ0v) is 8.99. The fraction of sp³-hybridized carbons (Fsp3) is 0.556. The normalized spacial score (nSPS) is 11.9. The van der Waals surface area contributed by atoms with E-state index in [0.717, 1.165) is 4.90 Å². The minimum atomic E-state index is -4.30. The molecule has 16 heavy (non-hydrogen) atoms. The lowest BCUT2D eigenvalue weighted by Gasteiger charge is -2.28. The Morgan fingerprint density at radius 3 is 2.31 bits per heavy atom. The van der Waals surface area contributed by atoms with Crippen LogP contribution in [0.4, 0.5) is 24.8 Å². The lowest BCUT2D eigenvalue weighted by atomic mass is 10.3. The second-order valence-corrected chi connectivity index (χ2v) is 3.60. The van der Waals surface area contributed by atoms with Gasteiger partial charge in [0, 0.05) is 18.4 Å². The van der Waals surface area contributed by atoms with Crippen LogP contribution in [0.25, 0.3) is 0 Å². The number of hydrogen-bond acceptors (Lipinski definition) is 4. The first kappa shape index (κ1) is 12.5. The monoisotopic (exact) mass is 234 g/mol. The van der Waals surface area contributed by atoms with Gasteiger partial charge in [0.25, 0.3) is 0 Å². The smallest absolute Gasteiger partial charge is 0.381 e. The van der Waals surface area contributed by atoms with Gasteiger partial charge in [-0.2, -0.15) is 13.2 Å². The quantitative estimate of drug-likeness (QED) is 0.866. The second-order valence-electron chi connectivity index (χ2n) is 3.60. The van der Waals surface area contributed by atoms with Crippen molar-refractivity contribution in [1.29, 1.82) is 0 Å². The first-order valence-electron chi connectivity index (χ1n) is 4.71. The summed E-state index contributed by atoms with van der Waals surface area (Å²) in [5, 5.41) is 0. The number of nitrogen functional groups attached to an aromatic ring is 1. The first-order valence-corrected chi connectivity index (χ1v) is 4.71. The highest BCUT2D eigenvalue weighted by molar-refractivity contribution is 5.57. The van der Waals surface area contributed by atoms with Gasteiger partial charge in [-0.25, -0.2) is 9.97 Å². The van der Waals surface area contributed by atoms with E-state index in [-0.39, 0.29) is 17.7 Å². The van der Waals surface area contributed by atoms with Gasteiger partial charge in [-0.15, -0.1) is 0 Å². The van der Waals surface area contributed by atoms with E-state index in [4.69, 9.17) is 5.73 Å². The molecule has 90 valence electrons. The lowest BCUT2D eigenvalue weighted by molar-refractivity contribution is -0.120. The average molecular weight is 234 g/mol. The van der Waals surface area contributed by atoms with E-state index in [2.05, 4.69) is 9.97 Å². The molecule has 0 spiro atoms. The highest BCUT2D eigenvalue weighted by Crippen LogP contribution is 2.25. The molecule has 0 saturated heterocycles. The summed E-state index contributed by atoms with van der Waals surface area (Å²) >= 11 is 0. The van der Waals surface area contributed by atoms with Crippen LogP contribution in [-0.2, 0) is 0 Å². The van der Waals surface area contributed by atoms with Crippen molar-refractivity contribution in [2.75, 3.05) is 17.2 Å². The maximum absolute atomic E-state index is 12.4. The van der Waals surface area contributed by atoms with Crippen LogP contribution < -0.4 is 10.6 Å². The summed E-state index contributed by atoms with van der Waals surface area (Å²) in [5.41, 5.74) is 5.50. The van der Waals surface area contributed by atoms with Crippen molar-refractivity contribution in [3.8, 4) is 0 Å². The highest BCUT2D eigenvalue weighted by Gasteiger charge is 2.33. The average Bonchev–Trinajstić information content (AvgIpc) is 2.13. The molecule has 0 aliphatic carbocycles. The van der Waals surface area contributed by atoms with E-state index < -0.39 is 12.7 Å². The standard InChI is InChI=1S/C9H13F3N4/c1-6(2)16(5-9(10,11)12)8-7(13)14-3-4-15-8/h3-4,6H,5H2,1-2H3,(H2,13,14). The summed E-state index contributed by atoms with van der Waals surface area (Å²) in [5.74, 6) is 0.0651. The maximum atomic E-state index is 12.4. The predicted octanol–water partition coefficient (Wildman–Crippen LogP) is 1.84. The Morgan fingerprint density at radius 2 is 1.88 bits per heavy atom. The molecule has 0 bridgehead atoms. The largest absolute Gasteiger partial charge is 0.405 e. The van der Waals surface area contributed by atoms with Gasteiger partial charge in [-0.3, -0.25) is 0 Å². The van der Waals surface area contributed by atoms with Crippen LogP contribution in [0, 0.1) is 0 Å². The summed E-state index contributed by atoms with van der Waals surface area (Å²) < 4.78 is 37.1. The van der Waals surface area contributed by atoms with Crippen molar-refractivity contribution in [2.24, 2.45) is 0 Å². The number of hydrogen-bond donors (Lipinski definition) is 1. The summed E-state index contributed by atoms with van der Waals surface area (Å²) in [6.07, 6.45) is -1.64. The molecule has 1 aromatic rings. The van der Waals surface area contributed by atoms with E-state index >= 15 is 0 Å².